The Labute approximate surface area is 153 Å². The normalized spacial score (nSPS) is 22.9. The van der Waals surface area contributed by atoms with Crippen LogP contribution >= 0.6 is 0 Å². The zero-order valence-corrected chi connectivity index (χ0v) is 15.1. The third-order valence-electron chi connectivity index (χ3n) is 5.35. The molecule has 0 bridgehead atoms. The lowest BCUT2D eigenvalue weighted by molar-refractivity contribution is 0.0526. The highest BCUT2D eigenvalue weighted by molar-refractivity contribution is 5.90. The molecule has 26 heavy (non-hydrogen) atoms. The van der Waals surface area contributed by atoms with Crippen LogP contribution in [0.1, 0.15) is 46.8 Å². The summed E-state index contributed by atoms with van der Waals surface area (Å²) in [7, 11) is 1.71. The number of esters is 1. The van der Waals surface area contributed by atoms with Gasteiger partial charge in [0.2, 0.25) is 0 Å². The summed E-state index contributed by atoms with van der Waals surface area (Å²) in [4.78, 5) is 12.1. The molecule has 134 valence electrons. The monoisotopic (exact) mass is 349 g/mol. The zero-order valence-electron chi connectivity index (χ0n) is 15.1. The lowest BCUT2D eigenvalue weighted by Gasteiger charge is -2.38. The Bertz CT molecular complexity index is 858. The molecule has 1 N–H and O–H groups in total. The molecule has 1 aliphatic heterocycles. The van der Waals surface area contributed by atoms with Gasteiger partial charge >= 0.3 is 5.97 Å². The molecule has 0 fully saturated rings. The van der Waals surface area contributed by atoms with E-state index in [2.05, 4.69) is 29.6 Å². The first-order valence-corrected chi connectivity index (χ1v) is 9.10. The third kappa shape index (κ3) is 2.75. The molecular weight excluding hydrogens is 326 g/mol. The number of para-hydroxylation sites is 1. The fourth-order valence-electron chi connectivity index (χ4n) is 4.17. The lowest BCUT2D eigenvalue weighted by atomic mass is 9.76. The van der Waals surface area contributed by atoms with Gasteiger partial charge in [0.15, 0.2) is 0 Å². The van der Waals surface area contributed by atoms with Crippen molar-refractivity contribution in [1.29, 1.82) is 0 Å². The molecule has 0 aromatic heterocycles. The Balaban J connectivity index is 1.74. The number of carbonyl (C=O) groups is 1. The van der Waals surface area contributed by atoms with Crippen LogP contribution in [0.5, 0.6) is 5.75 Å². The van der Waals surface area contributed by atoms with E-state index in [9.17, 15) is 4.79 Å². The van der Waals surface area contributed by atoms with Crippen molar-refractivity contribution in [3.05, 3.63) is 71.3 Å². The molecule has 2 aromatic carbocycles. The topological polar surface area (TPSA) is 47.6 Å². The van der Waals surface area contributed by atoms with Crippen molar-refractivity contribution in [3.63, 3.8) is 0 Å². The van der Waals surface area contributed by atoms with Crippen LogP contribution in [0.4, 0.5) is 5.69 Å². The maximum Gasteiger partial charge on any atom is 0.338 e. The molecule has 0 amide bonds. The minimum absolute atomic E-state index is 0.173. The molecule has 0 radical (unpaired) electrons. The Kier molecular flexibility index (Phi) is 4.41. The molecule has 4 nitrogen and oxygen atoms in total. The number of hydrogen-bond acceptors (Lipinski definition) is 4. The van der Waals surface area contributed by atoms with Crippen LogP contribution in [-0.4, -0.2) is 19.7 Å². The van der Waals surface area contributed by atoms with Crippen LogP contribution in [0.15, 0.2) is 54.6 Å². The number of allylic oxidation sites excluding steroid dienone is 2. The number of methoxy groups -OCH3 is 1. The molecule has 4 heteroatoms. The number of hydrogen-bond donors (Lipinski definition) is 1. The Hall–Kier alpha value is -2.75. The quantitative estimate of drug-likeness (QED) is 0.642. The highest BCUT2D eigenvalue weighted by Gasteiger charge is 2.39. The zero-order chi connectivity index (χ0) is 18.1. The van der Waals surface area contributed by atoms with Gasteiger partial charge in [-0.05, 0) is 49.1 Å². The summed E-state index contributed by atoms with van der Waals surface area (Å²) in [6.45, 7) is 2.21. The minimum Gasteiger partial charge on any atom is -0.496 e. The summed E-state index contributed by atoms with van der Waals surface area (Å²) in [5, 5.41) is 3.69. The lowest BCUT2D eigenvalue weighted by Crippen LogP contribution is -2.29. The maximum absolute atomic E-state index is 12.1. The summed E-state index contributed by atoms with van der Waals surface area (Å²) in [5.41, 5.74) is 4.03. The number of benzene rings is 2. The Morgan fingerprint density at radius 3 is 2.85 bits per heavy atom. The van der Waals surface area contributed by atoms with Crippen LogP contribution in [0.25, 0.3) is 0 Å². The van der Waals surface area contributed by atoms with Crippen molar-refractivity contribution in [2.24, 2.45) is 5.92 Å². The van der Waals surface area contributed by atoms with E-state index in [-0.39, 0.29) is 17.9 Å². The second-order valence-corrected chi connectivity index (χ2v) is 6.74. The smallest absolute Gasteiger partial charge is 0.338 e. The fraction of sp³-hybridized carbons (Fsp3) is 0.318. The number of nitrogens with one attached hydrogen (secondary N) is 1. The van der Waals surface area contributed by atoms with E-state index in [1.165, 1.54) is 11.1 Å². The first-order valence-electron chi connectivity index (χ1n) is 9.10. The molecule has 3 atom stereocenters. The van der Waals surface area contributed by atoms with Crippen LogP contribution in [0, 0.1) is 5.92 Å². The molecule has 2 aromatic rings. The highest BCUT2D eigenvalue weighted by atomic mass is 16.5. The summed E-state index contributed by atoms with van der Waals surface area (Å²) < 4.78 is 10.7. The van der Waals surface area contributed by atoms with Crippen LogP contribution < -0.4 is 10.1 Å². The van der Waals surface area contributed by atoms with E-state index in [0.29, 0.717) is 18.1 Å². The summed E-state index contributed by atoms with van der Waals surface area (Å²) >= 11 is 0. The van der Waals surface area contributed by atoms with Crippen LogP contribution in [0.3, 0.4) is 0 Å². The van der Waals surface area contributed by atoms with Gasteiger partial charge in [0, 0.05) is 17.2 Å². The molecule has 1 aliphatic carbocycles. The van der Waals surface area contributed by atoms with Crippen molar-refractivity contribution in [1.82, 2.24) is 0 Å². The maximum atomic E-state index is 12.1. The van der Waals surface area contributed by atoms with Crippen LogP contribution in [-0.2, 0) is 4.74 Å². The summed E-state index contributed by atoms with van der Waals surface area (Å²) in [5.74, 6) is 1.33. The largest absolute Gasteiger partial charge is 0.496 e. The van der Waals surface area contributed by atoms with E-state index in [1.807, 2.05) is 37.3 Å². The molecule has 1 heterocycles. The highest BCUT2D eigenvalue weighted by Crippen LogP contribution is 2.51. The number of ether oxygens (including phenoxy) is 2. The van der Waals surface area contributed by atoms with Crippen molar-refractivity contribution in [3.8, 4) is 5.75 Å². The predicted octanol–water partition coefficient (Wildman–Crippen LogP) is 4.70. The summed E-state index contributed by atoms with van der Waals surface area (Å²) in [6.07, 6.45) is 5.51. The van der Waals surface area contributed by atoms with Gasteiger partial charge in [-0.3, -0.25) is 0 Å². The molecule has 4 rings (SSSR count). The van der Waals surface area contributed by atoms with Gasteiger partial charge in [-0.1, -0.05) is 30.4 Å². The standard InChI is InChI=1S/C22H23NO3/c1-3-26-22(24)14-11-12-19-18(13-14)15-8-6-9-16(15)21(23-19)17-7-4-5-10-20(17)25-2/h4-8,10-13,15-16,21,23H,3,9H2,1-2H3. The van der Waals surface area contributed by atoms with Crippen molar-refractivity contribution >= 4 is 11.7 Å². The van der Waals surface area contributed by atoms with Gasteiger partial charge in [0.25, 0.3) is 0 Å². The van der Waals surface area contributed by atoms with E-state index in [1.54, 1.807) is 7.11 Å². The van der Waals surface area contributed by atoms with Crippen molar-refractivity contribution < 1.29 is 14.3 Å². The minimum atomic E-state index is -0.263. The van der Waals surface area contributed by atoms with Crippen molar-refractivity contribution in [2.45, 2.75) is 25.3 Å². The molecule has 0 spiro atoms. The first-order chi connectivity index (χ1) is 12.7. The van der Waals surface area contributed by atoms with Gasteiger partial charge < -0.3 is 14.8 Å². The second-order valence-electron chi connectivity index (χ2n) is 6.74. The first kappa shape index (κ1) is 16.7. The number of rotatable bonds is 4. The third-order valence-corrected chi connectivity index (χ3v) is 5.35. The van der Waals surface area contributed by atoms with Gasteiger partial charge in [-0.25, -0.2) is 4.79 Å². The number of anilines is 1. The number of carbonyl (C=O) groups excluding carboxylic acids is 1. The van der Waals surface area contributed by atoms with E-state index in [0.717, 1.165) is 17.9 Å². The van der Waals surface area contributed by atoms with Gasteiger partial charge in [0.1, 0.15) is 5.75 Å². The number of fused-ring (bicyclic) bond motifs is 3. The van der Waals surface area contributed by atoms with Gasteiger partial charge in [-0.15, -0.1) is 0 Å². The second kappa shape index (κ2) is 6.87. The average Bonchev–Trinajstić information content (AvgIpc) is 3.17. The van der Waals surface area contributed by atoms with Crippen LogP contribution in [0.2, 0.25) is 0 Å². The van der Waals surface area contributed by atoms with Gasteiger partial charge in [-0.2, -0.15) is 0 Å². The van der Waals surface area contributed by atoms with E-state index < -0.39 is 0 Å². The molecule has 0 saturated carbocycles. The van der Waals surface area contributed by atoms with Crippen molar-refractivity contribution in [2.75, 3.05) is 19.0 Å². The molecule has 2 aliphatic rings. The van der Waals surface area contributed by atoms with Gasteiger partial charge in [0.05, 0.1) is 25.3 Å². The fourth-order valence-corrected chi connectivity index (χ4v) is 4.17. The average molecular weight is 349 g/mol. The molecule has 0 saturated heterocycles. The SMILES string of the molecule is CCOC(=O)c1ccc2c(c1)C1C=CCC1C(c1ccccc1OC)N2. The molecular formula is C22H23NO3. The van der Waals surface area contributed by atoms with E-state index in [4.69, 9.17) is 9.47 Å². The predicted molar refractivity (Wildman–Crippen MR) is 102 cm³/mol. The Morgan fingerprint density at radius 2 is 2.04 bits per heavy atom. The molecule has 3 unspecified atom stereocenters. The summed E-state index contributed by atoms with van der Waals surface area (Å²) in [6, 6.07) is 14.2. The van der Waals surface area contributed by atoms with E-state index >= 15 is 0 Å². The Morgan fingerprint density at radius 1 is 1.19 bits per heavy atom.